The SMILES string of the molecule is CN(O)C(=O)Nc1ccccc1C(F)(F)F. The zero-order valence-electron chi connectivity index (χ0n) is 8.25. The second-order valence-corrected chi connectivity index (χ2v) is 3.00. The van der Waals surface area contributed by atoms with Crippen LogP contribution < -0.4 is 5.32 Å². The molecular weight excluding hydrogens is 225 g/mol. The van der Waals surface area contributed by atoms with E-state index < -0.39 is 23.5 Å². The third-order valence-electron chi connectivity index (χ3n) is 1.77. The summed E-state index contributed by atoms with van der Waals surface area (Å²) in [6, 6.07) is 3.46. The van der Waals surface area contributed by atoms with Crippen molar-refractivity contribution in [2.45, 2.75) is 6.18 Å². The highest BCUT2D eigenvalue weighted by atomic mass is 19.4. The monoisotopic (exact) mass is 234 g/mol. The quantitative estimate of drug-likeness (QED) is 0.579. The minimum absolute atomic E-state index is 0.160. The summed E-state index contributed by atoms with van der Waals surface area (Å²) in [5, 5.41) is 10.8. The molecule has 1 aromatic rings. The van der Waals surface area contributed by atoms with E-state index in [1.54, 1.807) is 0 Å². The van der Waals surface area contributed by atoms with E-state index in [1.807, 2.05) is 5.32 Å². The average Bonchev–Trinajstić information content (AvgIpc) is 2.16. The zero-order chi connectivity index (χ0) is 12.3. The Morgan fingerprint density at radius 1 is 1.38 bits per heavy atom. The predicted octanol–water partition coefficient (Wildman–Crippen LogP) is 2.56. The number of rotatable bonds is 1. The van der Waals surface area contributed by atoms with E-state index in [0.29, 0.717) is 0 Å². The summed E-state index contributed by atoms with van der Waals surface area (Å²) in [6.07, 6.45) is -4.56. The minimum atomic E-state index is -4.56. The number of urea groups is 1. The summed E-state index contributed by atoms with van der Waals surface area (Å²) >= 11 is 0. The molecule has 0 aromatic heterocycles. The Bertz CT molecular complexity index is 391. The van der Waals surface area contributed by atoms with Gasteiger partial charge in [0.05, 0.1) is 11.3 Å². The number of hydrogen-bond donors (Lipinski definition) is 2. The van der Waals surface area contributed by atoms with Crippen LogP contribution in [0.25, 0.3) is 0 Å². The van der Waals surface area contributed by atoms with Crippen molar-refractivity contribution < 1.29 is 23.2 Å². The Labute approximate surface area is 89.2 Å². The van der Waals surface area contributed by atoms with E-state index in [1.165, 1.54) is 12.1 Å². The Kier molecular flexibility index (Phi) is 3.38. The molecule has 7 heteroatoms. The fraction of sp³-hybridized carbons (Fsp3) is 0.222. The van der Waals surface area contributed by atoms with Gasteiger partial charge in [0.25, 0.3) is 0 Å². The van der Waals surface area contributed by atoms with Crippen molar-refractivity contribution in [2.24, 2.45) is 0 Å². The number of amides is 2. The first-order chi connectivity index (χ1) is 7.32. The van der Waals surface area contributed by atoms with Crippen molar-refractivity contribution >= 4 is 11.7 Å². The first kappa shape index (κ1) is 12.3. The molecule has 0 atom stereocenters. The summed E-state index contributed by atoms with van der Waals surface area (Å²) in [4.78, 5) is 11.0. The van der Waals surface area contributed by atoms with Gasteiger partial charge in [0.1, 0.15) is 0 Å². The van der Waals surface area contributed by atoms with Crippen LogP contribution in [0.2, 0.25) is 0 Å². The zero-order valence-corrected chi connectivity index (χ0v) is 8.25. The highest BCUT2D eigenvalue weighted by Crippen LogP contribution is 2.34. The van der Waals surface area contributed by atoms with Crippen LogP contribution in [0.15, 0.2) is 24.3 Å². The summed E-state index contributed by atoms with van der Waals surface area (Å²) in [6.45, 7) is 0. The Balaban J connectivity index is 3.01. The van der Waals surface area contributed by atoms with Gasteiger partial charge in [-0.2, -0.15) is 13.2 Å². The molecule has 0 bridgehead atoms. The molecule has 0 spiro atoms. The normalized spacial score (nSPS) is 11.1. The molecule has 1 aromatic carbocycles. The number of hydrogen-bond acceptors (Lipinski definition) is 2. The lowest BCUT2D eigenvalue weighted by Gasteiger charge is -2.15. The third kappa shape index (κ3) is 2.86. The van der Waals surface area contributed by atoms with E-state index in [-0.39, 0.29) is 5.06 Å². The maximum atomic E-state index is 12.5. The van der Waals surface area contributed by atoms with Crippen molar-refractivity contribution in [3.05, 3.63) is 29.8 Å². The molecule has 0 saturated carbocycles. The summed E-state index contributed by atoms with van der Waals surface area (Å²) in [7, 11) is 1.01. The highest BCUT2D eigenvalue weighted by Gasteiger charge is 2.33. The number of halogens is 3. The molecule has 2 amide bonds. The fourth-order valence-electron chi connectivity index (χ4n) is 1.04. The molecule has 1 rings (SSSR count). The molecule has 0 unspecified atom stereocenters. The number of benzene rings is 1. The number of carbonyl (C=O) groups is 1. The van der Waals surface area contributed by atoms with Crippen LogP contribution >= 0.6 is 0 Å². The number of alkyl halides is 3. The number of carbonyl (C=O) groups excluding carboxylic acids is 1. The van der Waals surface area contributed by atoms with Crippen molar-refractivity contribution in [1.82, 2.24) is 5.06 Å². The van der Waals surface area contributed by atoms with Crippen LogP contribution in [0.1, 0.15) is 5.56 Å². The Morgan fingerprint density at radius 3 is 2.44 bits per heavy atom. The third-order valence-corrected chi connectivity index (χ3v) is 1.77. The Morgan fingerprint density at radius 2 is 1.94 bits per heavy atom. The smallest absolute Gasteiger partial charge is 0.305 e. The van der Waals surface area contributed by atoms with Crippen molar-refractivity contribution in [2.75, 3.05) is 12.4 Å². The van der Waals surface area contributed by atoms with Crippen LogP contribution in [0.5, 0.6) is 0 Å². The van der Waals surface area contributed by atoms with Crippen LogP contribution in [-0.4, -0.2) is 23.3 Å². The van der Waals surface area contributed by atoms with E-state index in [2.05, 4.69) is 0 Å². The lowest BCUT2D eigenvalue weighted by molar-refractivity contribution is -0.136. The summed E-state index contributed by atoms with van der Waals surface area (Å²) in [5.74, 6) is 0. The maximum absolute atomic E-state index is 12.5. The van der Waals surface area contributed by atoms with Gasteiger partial charge in [-0.1, -0.05) is 12.1 Å². The molecular formula is C9H9F3N2O2. The maximum Gasteiger partial charge on any atom is 0.418 e. The van der Waals surface area contributed by atoms with E-state index >= 15 is 0 Å². The van der Waals surface area contributed by atoms with Gasteiger partial charge in [0, 0.05) is 7.05 Å². The van der Waals surface area contributed by atoms with Crippen LogP contribution in [0.3, 0.4) is 0 Å². The molecule has 0 aliphatic carbocycles. The van der Waals surface area contributed by atoms with Gasteiger partial charge < -0.3 is 5.32 Å². The van der Waals surface area contributed by atoms with Crippen molar-refractivity contribution in [3.63, 3.8) is 0 Å². The molecule has 4 nitrogen and oxygen atoms in total. The molecule has 2 N–H and O–H groups in total. The van der Waals surface area contributed by atoms with E-state index in [4.69, 9.17) is 5.21 Å². The fourth-order valence-corrected chi connectivity index (χ4v) is 1.04. The lowest BCUT2D eigenvalue weighted by atomic mass is 10.1. The Hall–Kier alpha value is -1.76. The number of hydroxylamine groups is 2. The number of nitrogens with zero attached hydrogens (tertiary/aromatic N) is 1. The minimum Gasteiger partial charge on any atom is -0.305 e. The van der Waals surface area contributed by atoms with Crippen LogP contribution in [0.4, 0.5) is 23.7 Å². The van der Waals surface area contributed by atoms with Crippen LogP contribution in [0, 0.1) is 0 Å². The largest absolute Gasteiger partial charge is 0.418 e. The van der Waals surface area contributed by atoms with Gasteiger partial charge in [-0.05, 0) is 12.1 Å². The van der Waals surface area contributed by atoms with Gasteiger partial charge in [0.15, 0.2) is 0 Å². The van der Waals surface area contributed by atoms with Crippen molar-refractivity contribution in [1.29, 1.82) is 0 Å². The van der Waals surface area contributed by atoms with Gasteiger partial charge in [-0.15, -0.1) is 0 Å². The standard InChI is InChI=1S/C9H9F3N2O2/c1-14(16)8(15)13-7-5-3-2-4-6(7)9(10,11)12/h2-5,16H,1H3,(H,13,15). The summed E-state index contributed by atoms with van der Waals surface area (Å²) in [5.41, 5.74) is -1.37. The molecule has 16 heavy (non-hydrogen) atoms. The van der Waals surface area contributed by atoms with Crippen molar-refractivity contribution in [3.8, 4) is 0 Å². The second-order valence-electron chi connectivity index (χ2n) is 3.00. The van der Waals surface area contributed by atoms with Gasteiger partial charge >= 0.3 is 12.2 Å². The van der Waals surface area contributed by atoms with Crippen LogP contribution in [-0.2, 0) is 6.18 Å². The topological polar surface area (TPSA) is 52.6 Å². The van der Waals surface area contributed by atoms with Gasteiger partial charge in [0.2, 0.25) is 0 Å². The molecule has 0 heterocycles. The van der Waals surface area contributed by atoms with Gasteiger partial charge in [-0.3, -0.25) is 5.21 Å². The first-order valence-corrected chi connectivity index (χ1v) is 4.22. The highest BCUT2D eigenvalue weighted by molar-refractivity contribution is 5.89. The van der Waals surface area contributed by atoms with E-state index in [9.17, 15) is 18.0 Å². The lowest BCUT2D eigenvalue weighted by Crippen LogP contribution is -2.29. The second kappa shape index (κ2) is 4.40. The predicted molar refractivity (Wildman–Crippen MR) is 50.0 cm³/mol. The molecule has 0 aliphatic rings. The molecule has 0 radical (unpaired) electrons. The molecule has 0 fully saturated rings. The number of anilines is 1. The first-order valence-electron chi connectivity index (χ1n) is 4.22. The average molecular weight is 234 g/mol. The molecule has 88 valence electrons. The molecule has 0 saturated heterocycles. The van der Waals surface area contributed by atoms with Gasteiger partial charge in [-0.25, -0.2) is 9.86 Å². The number of para-hydroxylation sites is 1. The van der Waals surface area contributed by atoms with E-state index in [0.717, 1.165) is 19.2 Å². The number of nitrogens with one attached hydrogen (secondary N) is 1. The summed E-state index contributed by atoms with van der Waals surface area (Å²) < 4.78 is 37.4. The molecule has 0 aliphatic heterocycles.